The van der Waals surface area contributed by atoms with Gasteiger partial charge in [0.2, 0.25) is 5.75 Å². The van der Waals surface area contributed by atoms with Gasteiger partial charge in [-0.1, -0.05) is 6.07 Å². The van der Waals surface area contributed by atoms with E-state index < -0.39 is 5.56 Å². The third kappa shape index (κ3) is 3.03. The lowest BCUT2D eigenvalue weighted by atomic mass is 9.99. The summed E-state index contributed by atoms with van der Waals surface area (Å²) in [5.41, 5.74) is 1.35. The molecule has 2 heterocycles. The number of pyridine rings is 1. The maximum absolute atomic E-state index is 12.4. The molecule has 3 aromatic rings. The summed E-state index contributed by atoms with van der Waals surface area (Å²) in [6, 6.07) is 11.0. The normalized spacial score (nSPS) is 10.2. The second-order valence-corrected chi connectivity index (χ2v) is 6.25. The van der Waals surface area contributed by atoms with E-state index in [1.807, 2.05) is 23.6 Å². The van der Waals surface area contributed by atoms with Gasteiger partial charge >= 0.3 is 0 Å². The average molecular weight is 368 g/mol. The van der Waals surface area contributed by atoms with Gasteiger partial charge in [-0.05, 0) is 35.2 Å². The molecule has 0 radical (unpaired) electrons. The van der Waals surface area contributed by atoms with Crippen LogP contribution in [0.2, 0.25) is 0 Å². The second-order valence-electron chi connectivity index (χ2n) is 5.30. The van der Waals surface area contributed by atoms with E-state index in [2.05, 4.69) is 4.98 Å². The Morgan fingerprint density at radius 3 is 2.27 bits per heavy atom. The topological polar surface area (TPSA) is 84.3 Å². The van der Waals surface area contributed by atoms with Crippen LogP contribution in [0.3, 0.4) is 0 Å². The molecule has 0 bridgehead atoms. The van der Waals surface area contributed by atoms with Crippen molar-refractivity contribution >= 4 is 11.3 Å². The Morgan fingerprint density at radius 1 is 1.08 bits per heavy atom. The van der Waals surface area contributed by atoms with Crippen molar-refractivity contribution in [2.24, 2.45) is 0 Å². The number of rotatable bonds is 5. The zero-order valence-corrected chi connectivity index (χ0v) is 15.3. The number of aromatic amines is 1. The van der Waals surface area contributed by atoms with Crippen molar-refractivity contribution in [3.05, 3.63) is 51.6 Å². The Balaban J connectivity index is 2.29. The number of ether oxygens (including phenoxy) is 3. The van der Waals surface area contributed by atoms with Crippen LogP contribution >= 0.6 is 11.3 Å². The van der Waals surface area contributed by atoms with Crippen LogP contribution in [-0.4, -0.2) is 26.3 Å². The highest BCUT2D eigenvalue weighted by molar-refractivity contribution is 7.13. The van der Waals surface area contributed by atoms with E-state index in [1.54, 1.807) is 18.2 Å². The van der Waals surface area contributed by atoms with Gasteiger partial charge in [0.15, 0.2) is 11.5 Å². The summed E-state index contributed by atoms with van der Waals surface area (Å²) in [6.45, 7) is 0. The number of benzene rings is 1. The highest BCUT2D eigenvalue weighted by Crippen LogP contribution is 2.42. The number of thiophene rings is 1. The van der Waals surface area contributed by atoms with Crippen LogP contribution < -0.4 is 19.8 Å². The van der Waals surface area contributed by atoms with Crippen LogP contribution in [0.15, 0.2) is 40.5 Å². The predicted octanol–water partition coefficient (Wildman–Crippen LogP) is 3.67. The first-order chi connectivity index (χ1) is 12.6. The van der Waals surface area contributed by atoms with E-state index in [0.717, 1.165) is 4.88 Å². The van der Waals surface area contributed by atoms with Crippen molar-refractivity contribution in [1.29, 1.82) is 5.26 Å². The molecule has 0 aliphatic heterocycles. The van der Waals surface area contributed by atoms with Gasteiger partial charge in [0.05, 0.1) is 31.9 Å². The number of nitrogens with zero attached hydrogens (tertiary/aromatic N) is 1. The SMILES string of the molecule is COc1cc(-c2cc(-c3cccs3)[nH]c(=O)c2C#N)cc(OC)c1OC. The minimum absolute atomic E-state index is 0.0274. The summed E-state index contributed by atoms with van der Waals surface area (Å²) in [5, 5.41) is 11.4. The highest BCUT2D eigenvalue weighted by Gasteiger charge is 2.18. The van der Waals surface area contributed by atoms with Gasteiger partial charge in [0.25, 0.3) is 5.56 Å². The minimum Gasteiger partial charge on any atom is -0.493 e. The van der Waals surface area contributed by atoms with Gasteiger partial charge < -0.3 is 19.2 Å². The first-order valence-electron chi connectivity index (χ1n) is 7.64. The first-order valence-corrected chi connectivity index (χ1v) is 8.52. The van der Waals surface area contributed by atoms with E-state index in [-0.39, 0.29) is 5.56 Å². The zero-order chi connectivity index (χ0) is 18.7. The smallest absolute Gasteiger partial charge is 0.266 e. The van der Waals surface area contributed by atoms with Crippen molar-refractivity contribution in [1.82, 2.24) is 4.98 Å². The quantitative estimate of drug-likeness (QED) is 0.743. The molecule has 1 N–H and O–H groups in total. The fraction of sp³-hybridized carbons (Fsp3) is 0.158. The number of H-pyrrole nitrogens is 1. The first kappa shape index (κ1) is 17.6. The fourth-order valence-corrected chi connectivity index (χ4v) is 3.40. The largest absolute Gasteiger partial charge is 0.493 e. The Morgan fingerprint density at radius 2 is 1.77 bits per heavy atom. The maximum Gasteiger partial charge on any atom is 0.266 e. The molecule has 0 amide bonds. The van der Waals surface area contributed by atoms with E-state index in [9.17, 15) is 10.1 Å². The van der Waals surface area contributed by atoms with Gasteiger partial charge in [-0.2, -0.15) is 5.26 Å². The van der Waals surface area contributed by atoms with Crippen molar-refractivity contribution in [2.45, 2.75) is 0 Å². The molecular formula is C19H16N2O4S. The van der Waals surface area contributed by atoms with Crippen molar-refractivity contribution in [2.75, 3.05) is 21.3 Å². The van der Waals surface area contributed by atoms with E-state index in [0.29, 0.717) is 34.1 Å². The Bertz CT molecular complexity index is 1010. The van der Waals surface area contributed by atoms with Crippen LogP contribution in [0, 0.1) is 11.3 Å². The van der Waals surface area contributed by atoms with Crippen molar-refractivity contribution in [3.8, 4) is 45.0 Å². The molecule has 3 rings (SSSR count). The molecule has 0 atom stereocenters. The number of nitriles is 1. The summed E-state index contributed by atoms with van der Waals surface area (Å²) in [7, 11) is 4.55. The van der Waals surface area contributed by atoms with Crippen molar-refractivity contribution in [3.63, 3.8) is 0 Å². The molecule has 0 unspecified atom stereocenters. The molecule has 0 fully saturated rings. The summed E-state index contributed by atoms with van der Waals surface area (Å²) in [5.74, 6) is 1.34. The molecule has 26 heavy (non-hydrogen) atoms. The standard InChI is InChI=1S/C19H16N2O4S/c1-23-15-7-11(8-16(24-2)18(15)25-3)12-9-14(17-5-4-6-26-17)21-19(22)13(12)10-20/h4-9H,1-3H3,(H,21,22). The van der Waals surface area contributed by atoms with Gasteiger partial charge in [-0.3, -0.25) is 4.79 Å². The van der Waals surface area contributed by atoms with Crippen molar-refractivity contribution < 1.29 is 14.2 Å². The van der Waals surface area contributed by atoms with Crippen LogP contribution in [0.4, 0.5) is 0 Å². The summed E-state index contributed by atoms with van der Waals surface area (Å²) < 4.78 is 16.1. The molecule has 0 aliphatic rings. The molecule has 0 spiro atoms. The van der Waals surface area contributed by atoms with Crippen LogP contribution in [0.25, 0.3) is 21.7 Å². The van der Waals surface area contributed by atoms with Gasteiger partial charge in [0, 0.05) is 5.56 Å². The third-order valence-corrected chi connectivity index (χ3v) is 4.81. The Kier molecular flexibility index (Phi) is 4.96. The molecule has 0 saturated heterocycles. The molecule has 132 valence electrons. The Labute approximate surface area is 154 Å². The molecule has 0 aliphatic carbocycles. The fourth-order valence-electron chi connectivity index (χ4n) is 2.70. The number of nitrogens with one attached hydrogen (secondary N) is 1. The Hall–Kier alpha value is -3.24. The van der Waals surface area contributed by atoms with Gasteiger partial charge in [0.1, 0.15) is 11.6 Å². The minimum atomic E-state index is -0.442. The zero-order valence-electron chi connectivity index (χ0n) is 14.5. The van der Waals surface area contributed by atoms with Crippen LogP contribution in [-0.2, 0) is 0 Å². The lowest BCUT2D eigenvalue weighted by Gasteiger charge is -2.15. The van der Waals surface area contributed by atoms with E-state index in [1.165, 1.54) is 32.7 Å². The third-order valence-electron chi connectivity index (χ3n) is 3.91. The maximum atomic E-state index is 12.4. The molecular weight excluding hydrogens is 352 g/mol. The summed E-state index contributed by atoms with van der Waals surface area (Å²) in [6.07, 6.45) is 0. The highest BCUT2D eigenvalue weighted by atomic mass is 32.1. The number of methoxy groups -OCH3 is 3. The molecule has 7 heteroatoms. The van der Waals surface area contributed by atoms with Gasteiger partial charge in [-0.15, -0.1) is 11.3 Å². The molecule has 2 aromatic heterocycles. The number of hydrogen-bond acceptors (Lipinski definition) is 6. The molecule has 6 nitrogen and oxygen atoms in total. The monoisotopic (exact) mass is 368 g/mol. The van der Waals surface area contributed by atoms with E-state index in [4.69, 9.17) is 14.2 Å². The van der Waals surface area contributed by atoms with Crippen LogP contribution in [0.1, 0.15) is 5.56 Å². The number of aromatic nitrogens is 1. The lowest BCUT2D eigenvalue weighted by molar-refractivity contribution is 0.324. The van der Waals surface area contributed by atoms with Crippen LogP contribution in [0.5, 0.6) is 17.2 Å². The van der Waals surface area contributed by atoms with Gasteiger partial charge in [-0.25, -0.2) is 0 Å². The number of hydrogen-bond donors (Lipinski definition) is 1. The molecule has 0 saturated carbocycles. The lowest BCUT2D eigenvalue weighted by Crippen LogP contribution is -2.12. The molecule has 1 aromatic carbocycles. The second kappa shape index (κ2) is 7.33. The summed E-state index contributed by atoms with van der Waals surface area (Å²) in [4.78, 5) is 16.1. The summed E-state index contributed by atoms with van der Waals surface area (Å²) >= 11 is 1.50. The van der Waals surface area contributed by atoms with E-state index >= 15 is 0 Å². The predicted molar refractivity (Wildman–Crippen MR) is 100 cm³/mol. The average Bonchev–Trinajstić information content (AvgIpc) is 3.20.